The van der Waals surface area contributed by atoms with Gasteiger partial charge in [0.2, 0.25) is 5.91 Å². The van der Waals surface area contributed by atoms with E-state index in [9.17, 15) is 4.79 Å². The Morgan fingerprint density at radius 1 is 1.16 bits per heavy atom. The maximum atomic E-state index is 11.2. The number of methoxy groups -OCH3 is 1. The van der Waals surface area contributed by atoms with Crippen molar-refractivity contribution < 1.29 is 9.53 Å². The minimum atomic E-state index is -0.0510. The molecule has 0 aliphatic rings. The fourth-order valence-electron chi connectivity index (χ4n) is 2.64. The molecule has 0 aliphatic heterocycles. The Kier molecular flexibility index (Phi) is 5.09. The third-order valence-corrected chi connectivity index (χ3v) is 3.86. The van der Waals surface area contributed by atoms with E-state index < -0.39 is 0 Å². The Morgan fingerprint density at radius 3 is 2.68 bits per heavy atom. The molecule has 6 heteroatoms. The summed E-state index contributed by atoms with van der Waals surface area (Å²) >= 11 is 0. The number of rotatable bonds is 6. The number of carbonyl (C=O) groups excluding carboxylic acids is 1. The summed E-state index contributed by atoms with van der Waals surface area (Å²) in [6.45, 7) is 2.04. The topological polar surface area (TPSA) is 78.8 Å². The van der Waals surface area contributed by atoms with Crippen LogP contribution in [0.15, 0.2) is 58.8 Å². The summed E-state index contributed by atoms with van der Waals surface area (Å²) in [6.07, 6.45) is 0.649. The highest BCUT2D eigenvalue weighted by Crippen LogP contribution is 2.32. The van der Waals surface area contributed by atoms with Gasteiger partial charge in [0.1, 0.15) is 5.75 Å². The van der Waals surface area contributed by atoms with E-state index in [1.54, 1.807) is 7.11 Å². The van der Waals surface area contributed by atoms with Crippen LogP contribution in [0.5, 0.6) is 5.75 Å². The van der Waals surface area contributed by atoms with Crippen LogP contribution in [0.25, 0.3) is 10.9 Å². The first-order valence-electron chi connectivity index (χ1n) is 8.07. The molecule has 1 heterocycles. The van der Waals surface area contributed by atoms with E-state index in [-0.39, 0.29) is 5.91 Å². The number of benzene rings is 2. The average molecular weight is 336 g/mol. The van der Waals surface area contributed by atoms with Crippen LogP contribution in [0.4, 0.5) is 11.5 Å². The smallest absolute Gasteiger partial charge is 0.216 e. The summed E-state index contributed by atoms with van der Waals surface area (Å²) in [5.74, 6) is 1.42. The summed E-state index contributed by atoms with van der Waals surface area (Å²) in [7, 11) is 1.64. The lowest BCUT2D eigenvalue weighted by molar-refractivity contribution is -0.118. The Bertz CT molecular complexity index is 900. The van der Waals surface area contributed by atoms with Crippen LogP contribution in [0, 0.1) is 0 Å². The van der Waals surface area contributed by atoms with Crippen LogP contribution in [0.3, 0.4) is 0 Å². The van der Waals surface area contributed by atoms with Crippen LogP contribution < -0.4 is 10.1 Å². The molecule has 6 nitrogen and oxygen atoms in total. The van der Waals surface area contributed by atoms with Gasteiger partial charge in [0.15, 0.2) is 5.82 Å². The first kappa shape index (κ1) is 16.7. The SMILES string of the molecule is COc1ccc2[nH]c(N=Nc3ccccc3)c(CCNC(C)=O)c2c1. The highest BCUT2D eigenvalue weighted by atomic mass is 16.5. The molecule has 0 aliphatic carbocycles. The summed E-state index contributed by atoms with van der Waals surface area (Å²) in [5, 5.41) is 12.5. The lowest BCUT2D eigenvalue weighted by atomic mass is 10.1. The Hall–Kier alpha value is -3.15. The number of azo groups is 1. The highest BCUT2D eigenvalue weighted by Gasteiger charge is 2.12. The number of H-pyrrole nitrogens is 1. The van der Waals surface area contributed by atoms with Crippen molar-refractivity contribution >= 4 is 28.3 Å². The van der Waals surface area contributed by atoms with Crippen molar-refractivity contribution in [2.75, 3.05) is 13.7 Å². The molecule has 0 fully saturated rings. The molecule has 128 valence electrons. The third-order valence-electron chi connectivity index (χ3n) is 3.86. The number of ether oxygens (including phenoxy) is 1. The maximum absolute atomic E-state index is 11.2. The summed E-state index contributed by atoms with van der Waals surface area (Å²) in [5.41, 5.74) is 2.74. The van der Waals surface area contributed by atoms with Gasteiger partial charge in [-0.1, -0.05) is 18.2 Å². The number of aromatic amines is 1. The van der Waals surface area contributed by atoms with Gasteiger partial charge in [-0.2, -0.15) is 0 Å². The van der Waals surface area contributed by atoms with Gasteiger partial charge in [-0.15, -0.1) is 10.2 Å². The zero-order valence-corrected chi connectivity index (χ0v) is 14.2. The maximum Gasteiger partial charge on any atom is 0.216 e. The number of hydrogen-bond donors (Lipinski definition) is 2. The summed E-state index contributed by atoms with van der Waals surface area (Å²) in [6, 6.07) is 15.4. The molecule has 2 aromatic carbocycles. The highest BCUT2D eigenvalue weighted by molar-refractivity contribution is 5.89. The summed E-state index contributed by atoms with van der Waals surface area (Å²) in [4.78, 5) is 14.4. The molecular formula is C19H20N4O2. The number of amides is 1. The molecule has 25 heavy (non-hydrogen) atoms. The molecule has 3 rings (SSSR count). The first-order chi connectivity index (χ1) is 12.2. The molecule has 1 aromatic heterocycles. The van der Waals surface area contributed by atoms with Crippen LogP contribution in [-0.4, -0.2) is 24.5 Å². The second-order valence-electron chi connectivity index (χ2n) is 5.63. The normalized spacial score (nSPS) is 11.1. The van der Waals surface area contributed by atoms with Crippen LogP contribution in [0.1, 0.15) is 12.5 Å². The van der Waals surface area contributed by atoms with Crippen LogP contribution in [0.2, 0.25) is 0 Å². The molecule has 0 saturated carbocycles. The van der Waals surface area contributed by atoms with Crippen LogP contribution >= 0.6 is 0 Å². The van der Waals surface area contributed by atoms with E-state index in [2.05, 4.69) is 20.5 Å². The zero-order valence-electron chi connectivity index (χ0n) is 14.2. The van der Waals surface area contributed by atoms with E-state index in [0.29, 0.717) is 18.8 Å². The van der Waals surface area contributed by atoms with E-state index in [0.717, 1.165) is 27.9 Å². The Balaban J connectivity index is 1.97. The van der Waals surface area contributed by atoms with Crippen molar-refractivity contribution in [3.05, 3.63) is 54.1 Å². The fraction of sp³-hybridized carbons (Fsp3) is 0.211. The Morgan fingerprint density at radius 2 is 1.96 bits per heavy atom. The number of nitrogens with zero attached hydrogens (tertiary/aromatic N) is 2. The van der Waals surface area contributed by atoms with E-state index >= 15 is 0 Å². The van der Waals surface area contributed by atoms with Gasteiger partial charge in [-0.25, -0.2) is 0 Å². The van der Waals surface area contributed by atoms with Crippen molar-refractivity contribution in [2.24, 2.45) is 10.2 Å². The molecular weight excluding hydrogens is 316 g/mol. The van der Waals surface area contributed by atoms with E-state index in [1.807, 2.05) is 48.5 Å². The first-order valence-corrected chi connectivity index (χ1v) is 8.07. The van der Waals surface area contributed by atoms with Gasteiger partial charge < -0.3 is 15.0 Å². The van der Waals surface area contributed by atoms with E-state index in [1.165, 1.54) is 6.92 Å². The number of nitrogens with one attached hydrogen (secondary N) is 2. The second kappa shape index (κ2) is 7.61. The minimum absolute atomic E-state index is 0.0510. The molecule has 1 amide bonds. The second-order valence-corrected chi connectivity index (χ2v) is 5.63. The lowest BCUT2D eigenvalue weighted by Gasteiger charge is -2.04. The molecule has 0 atom stereocenters. The molecule has 0 bridgehead atoms. The molecule has 2 N–H and O–H groups in total. The van der Waals surface area contributed by atoms with Crippen LogP contribution in [-0.2, 0) is 11.2 Å². The predicted octanol–water partition coefficient (Wildman–Crippen LogP) is 4.27. The van der Waals surface area contributed by atoms with Gasteiger partial charge in [-0.3, -0.25) is 4.79 Å². The standard InChI is InChI=1S/C19H20N4O2/c1-13(24)20-11-10-16-17-12-15(25-2)8-9-18(17)21-19(16)23-22-14-6-4-3-5-7-14/h3-9,12,21H,10-11H2,1-2H3,(H,20,24). The number of hydrogen-bond acceptors (Lipinski definition) is 4. The number of fused-ring (bicyclic) bond motifs is 1. The monoisotopic (exact) mass is 336 g/mol. The molecule has 0 spiro atoms. The molecule has 0 saturated heterocycles. The quantitative estimate of drug-likeness (QED) is 0.659. The number of aromatic nitrogens is 1. The van der Waals surface area contributed by atoms with Gasteiger partial charge in [0, 0.05) is 29.9 Å². The molecule has 3 aromatic rings. The van der Waals surface area contributed by atoms with Gasteiger partial charge in [-0.05, 0) is 36.8 Å². The van der Waals surface area contributed by atoms with Crippen molar-refractivity contribution in [2.45, 2.75) is 13.3 Å². The van der Waals surface area contributed by atoms with Gasteiger partial charge in [0.05, 0.1) is 12.8 Å². The predicted molar refractivity (Wildman–Crippen MR) is 97.9 cm³/mol. The Labute approximate surface area is 145 Å². The molecule has 0 unspecified atom stereocenters. The third kappa shape index (κ3) is 4.03. The van der Waals surface area contributed by atoms with Crippen molar-refractivity contribution in [1.29, 1.82) is 0 Å². The van der Waals surface area contributed by atoms with Crippen molar-refractivity contribution in [3.63, 3.8) is 0 Å². The lowest BCUT2D eigenvalue weighted by Crippen LogP contribution is -2.22. The summed E-state index contributed by atoms with van der Waals surface area (Å²) < 4.78 is 5.32. The average Bonchev–Trinajstić information content (AvgIpc) is 2.97. The van der Waals surface area contributed by atoms with Crippen molar-refractivity contribution in [1.82, 2.24) is 10.3 Å². The van der Waals surface area contributed by atoms with Gasteiger partial charge in [0.25, 0.3) is 0 Å². The number of carbonyl (C=O) groups is 1. The zero-order chi connectivity index (χ0) is 17.6. The fourth-order valence-corrected chi connectivity index (χ4v) is 2.64. The van der Waals surface area contributed by atoms with Gasteiger partial charge >= 0.3 is 0 Å². The largest absolute Gasteiger partial charge is 0.497 e. The van der Waals surface area contributed by atoms with E-state index in [4.69, 9.17) is 4.74 Å². The van der Waals surface area contributed by atoms with Crippen molar-refractivity contribution in [3.8, 4) is 5.75 Å². The minimum Gasteiger partial charge on any atom is -0.497 e. The molecule has 0 radical (unpaired) electrons.